The average molecular weight is 374 g/mol. The molecule has 0 fully saturated rings. The average Bonchev–Trinajstić information content (AvgIpc) is 2.61. The highest BCUT2D eigenvalue weighted by molar-refractivity contribution is 7.91. The summed E-state index contributed by atoms with van der Waals surface area (Å²) in [6.07, 6.45) is 0.978. The van der Waals surface area contributed by atoms with Gasteiger partial charge in [0.1, 0.15) is 0 Å². The molecule has 26 heavy (non-hydrogen) atoms. The van der Waals surface area contributed by atoms with Crippen molar-refractivity contribution in [3.05, 3.63) is 65.7 Å². The number of carbonyl (C=O) groups is 1. The SMILES string of the molecule is CC(C)Cc1ccc([C@H](C)NC(=O)CCS(=O)(=O)c2ccccc2)cc1. The minimum atomic E-state index is -3.43. The number of hydrogen-bond donors (Lipinski definition) is 1. The number of benzene rings is 2. The van der Waals surface area contributed by atoms with Gasteiger partial charge in [0.25, 0.3) is 0 Å². The topological polar surface area (TPSA) is 63.2 Å². The molecule has 0 aromatic heterocycles. The molecule has 0 saturated carbocycles. The fourth-order valence-electron chi connectivity index (χ4n) is 2.78. The summed E-state index contributed by atoms with van der Waals surface area (Å²) >= 11 is 0. The summed E-state index contributed by atoms with van der Waals surface area (Å²) in [7, 11) is -3.43. The predicted molar refractivity (Wildman–Crippen MR) is 105 cm³/mol. The van der Waals surface area contributed by atoms with Crippen molar-refractivity contribution >= 4 is 15.7 Å². The summed E-state index contributed by atoms with van der Waals surface area (Å²) in [5, 5.41) is 2.88. The number of nitrogens with one attached hydrogen (secondary N) is 1. The van der Waals surface area contributed by atoms with E-state index in [1.165, 1.54) is 5.56 Å². The number of amides is 1. The Labute approximate surface area is 156 Å². The van der Waals surface area contributed by atoms with E-state index < -0.39 is 9.84 Å². The van der Waals surface area contributed by atoms with Gasteiger partial charge >= 0.3 is 0 Å². The molecule has 0 radical (unpaired) electrons. The molecule has 0 aliphatic heterocycles. The molecule has 0 heterocycles. The lowest BCUT2D eigenvalue weighted by atomic mass is 10.00. The van der Waals surface area contributed by atoms with Gasteiger partial charge in [-0.25, -0.2) is 8.42 Å². The summed E-state index contributed by atoms with van der Waals surface area (Å²) in [6.45, 7) is 6.27. The van der Waals surface area contributed by atoms with Crippen LogP contribution in [-0.2, 0) is 21.1 Å². The molecular weight excluding hydrogens is 346 g/mol. The Morgan fingerprint density at radius 3 is 2.15 bits per heavy atom. The van der Waals surface area contributed by atoms with E-state index in [2.05, 4.69) is 31.3 Å². The Bertz CT molecular complexity index is 812. The molecule has 140 valence electrons. The van der Waals surface area contributed by atoms with E-state index in [9.17, 15) is 13.2 Å². The molecule has 0 spiro atoms. The summed E-state index contributed by atoms with van der Waals surface area (Å²) < 4.78 is 24.5. The fraction of sp³-hybridized carbons (Fsp3) is 0.381. The van der Waals surface area contributed by atoms with Crippen molar-refractivity contribution in [1.82, 2.24) is 5.32 Å². The third-order valence-corrected chi connectivity index (χ3v) is 5.93. The van der Waals surface area contributed by atoms with Crippen LogP contribution >= 0.6 is 0 Å². The second-order valence-electron chi connectivity index (χ2n) is 7.01. The second-order valence-corrected chi connectivity index (χ2v) is 9.12. The van der Waals surface area contributed by atoms with Gasteiger partial charge in [-0.1, -0.05) is 56.3 Å². The van der Waals surface area contributed by atoms with E-state index in [0.717, 1.165) is 12.0 Å². The number of hydrogen-bond acceptors (Lipinski definition) is 3. The van der Waals surface area contributed by atoms with Gasteiger partial charge in [0, 0.05) is 6.42 Å². The highest BCUT2D eigenvalue weighted by Crippen LogP contribution is 2.16. The molecule has 1 N–H and O–H groups in total. The Hall–Kier alpha value is -2.14. The lowest BCUT2D eigenvalue weighted by Gasteiger charge is -2.15. The highest BCUT2D eigenvalue weighted by atomic mass is 32.2. The van der Waals surface area contributed by atoms with Crippen LogP contribution in [0.3, 0.4) is 0 Å². The van der Waals surface area contributed by atoms with Crippen LogP contribution in [-0.4, -0.2) is 20.1 Å². The van der Waals surface area contributed by atoms with Gasteiger partial charge in [-0.2, -0.15) is 0 Å². The molecule has 1 atom stereocenters. The third kappa shape index (κ3) is 5.99. The van der Waals surface area contributed by atoms with Crippen LogP contribution in [0.15, 0.2) is 59.5 Å². The third-order valence-electron chi connectivity index (χ3n) is 4.20. The Kier molecular flexibility index (Phi) is 6.98. The number of rotatable bonds is 8. The van der Waals surface area contributed by atoms with Crippen molar-refractivity contribution in [3.8, 4) is 0 Å². The molecule has 4 nitrogen and oxygen atoms in total. The Morgan fingerprint density at radius 2 is 1.58 bits per heavy atom. The molecule has 0 saturated heterocycles. The van der Waals surface area contributed by atoms with E-state index in [1.807, 2.05) is 19.1 Å². The first kappa shape index (κ1) is 20.2. The van der Waals surface area contributed by atoms with Crippen molar-refractivity contribution in [2.24, 2.45) is 5.92 Å². The van der Waals surface area contributed by atoms with Crippen molar-refractivity contribution in [3.63, 3.8) is 0 Å². The summed E-state index contributed by atoms with van der Waals surface area (Å²) in [6, 6.07) is 16.3. The van der Waals surface area contributed by atoms with Crippen LogP contribution in [0.2, 0.25) is 0 Å². The monoisotopic (exact) mass is 373 g/mol. The maximum Gasteiger partial charge on any atom is 0.221 e. The van der Waals surface area contributed by atoms with E-state index in [1.54, 1.807) is 30.3 Å². The molecular formula is C21H27NO3S. The molecule has 0 aliphatic carbocycles. The van der Waals surface area contributed by atoms with Gasteiger partial charge in [-0.15, -0.1) is 0 Å². The smallest absolute Gasteiger partial charge is 0.221 e. The predicted octanol–water partition coefficient (Wildman–Crippen LogP) is 3.93. The minimum Gasteiger partial charge on any atom is -0.350 e. The van der Waals surface area contributed by atoms with Crippen molar-refractivity contribution in [2.45, 2.75) is 44.6 Å². The van der Waals surface area contributed by atoms with E-state index >= 15 is 0 Å². The first-order chi connectivity index (χ1) is 12.3. The highest BCUT2D eigenvalue weighted by Gasteiger charge is 2.17. The largest absolute Gasteiger partial charge is 0.350 e. The van der Waals surface area contributed by atoms with Crippen LogP contribution < -0.4 is 5.32 Å². The quantitative estimate of drug-likeness (QED) is 0.763. The second kappa shape index (κ2) is 8.99. The molecule has 2 aromatic rings. The molecule has 2 rings (SSSR count). The van der Waals surface area contributed by atoms with Crippen molar-refractivity contribution in [2.75, 3.05) is 5.75 Å². The van der Waals surface area contributed by atoms with E-state index in [0.29, 0.717) is 5.92 Å². The molecule has 1 amide bonds. The molecule has 2 aromatic carbocycles. The normalized spacial score (nSPS) is 12.8. The van der Waals surface area contributed by atoms with Gasteiger partial charge in [0.15, 0.2) is 9.84 Å². The zero-order valence-electron chi connectivity index (χ0n) is 15.6. The van der Waals surface area contributed by atoms with Crippen LogP contribution in [0, 0.1) is 5.92 Å². The van der Waals surface area contributed by atoms with Crippen molar-refractivity contribution < 1.29 is 13.2 Å². The van der Waals surface area contributed by atoms with Crippen LogP contribution in [0.1, 0.15) is 44.4 Å². The minimum absolute atomic E-state index is 0.0486. The van der Waals surface area contributed by atoms with E-state index in [-0.39, 0.29) is 29.0 Å². The maximum absolute atomic E-state index is 12.2. The first-order valence-electron chi connectivity index (χ1n) is 8.94. The molecule has 0 aliphatic rings. The van der Waals surface area contributed by atoms with Gasteiger partial charge in [-0.3, -0.25) is 4.79 Å². The zero-order valence-corrected chi connectivity index (χ0v) is 16.4. The number of sulfone groups is 1. The maximum atomic E-state index is 12.2. The zero-order chi connectivity index (χ0) is 19.2. The number of carbonyl (C=O) groups excluding carboxylic acids is 1. The summed E-state index contributed by atoms with van der Waals surface area (Å²) in [5.41, 5.74) is 2.29. The van der Waals surface area contributed by atoms with Crippen molar-refractivity contribution in [1.29, 1.82) is 0 Å². The molecule has 0 bridgehead atoms. The standard InChI is InChI=1S/C21H27NO3S/c1-16(2)15-18-9-11-19(12-10-18)17(3)22-21(23)13-14-26(24,25)20-7-5-4-6-8-20/h4-12,16-17H,13-15H2,1-3H3,(H,22,23)/t17-/m0/s1. The lowest BCUT2D eigenvalue weighted by molar-refractivity contribution is -0.121. The van der Waals surface area contributed by atoms with Crippen LogP contribution in [0.4, 0.5) is 0 Å². The van der Waals surface area contributed by atoms with Crippen LogP contribution in [0.25, 0.3) is 0 Å². The molecule has 5 heteroatoms. The van der Waals surface area contributed by atoms with Gasteiger partial charge in [0.05, 0.1) is 16.7 Å². The van der Waals surface area contributed by atoms with Gasteiger partial charge in [0.2, 0.25) is 5.91 Å². The van der Waals surface area contributed by atoms with E-state index in [4.69, 9.17) is 0 Å². The first-order valence-corrected chi connectivity index (χ1v) is 10.6. The Morgan fingerprint density at radius 1 is 0.962 bits per heavy atom. The summed E-state index contributed by atoms with van der Waals surface area (Å²) in [4.78, 5) is 12.4. The van der Waals surface area contributed by atoms with Crippen LogP contribution in [0.5, 0.6) is 0 Å². The Balaban J connectivity index is 1.89. The van der Waals surface area contributed by atoms with Gasteiger partial charge < -0.3 is 5.32 Å². The fourth-order valence-corrected chi connectivity index (χ4v) is 4.05. The lowest BCUT2D eigenvalue weighted by Crippen LogP contribution is -2.28. The van der Waals surface area contributed by atoms with Gasteiger partial charge in [-0.05, 0) is 42.5 Å². The summed E-state index contributed by atoms with van der Waals surface area (Å²) in [5.74, 6) is 0.149. The molecule has 0 unspecified atom stereocenters.